The SMILES string of the molecule is [CH2][C@H](C)c1ccnc(OCC2CCN(c3cc(OC)ccc3CCCC(C)(C)C)CC2)c1. The number of methoxy groups -OCH3 is 1. The summed E-state index contributed by atoms with van der Waals surface area (Å²) in [5, 5.41) is 0. The zero-order chi connectivity index (χ0) is 23.1. The van der Waals surface area contributed by atoms with Crippen molar-refractivity contribution in [3.8, 4) is 11.6 Å². The topological polar surface area (TPSA) is 34.6 Å². The summed E-state index contributed by atoms with van der Waals surface area (Å²) in [5.74, 6) is 2.46. The van der Waals surface area contributed by atoms with Crippen LogP contribution in [0.25, 0.3) is 0 Å². The Balaban J connectivity index is 1.57. The predicted octanol–water partition coefficient (Wildman–Crippen LogP) is 6.69. The Morgan fingerprint density at radius 3 is 2.56 bits per heavy atom. The fraction of sp³-hybridized carbons (Fsp3) is 0.571. The highest BCUT2D eigenvalue weighted by atomic mass is 16.5. The van der Waals surface area contributed by atoms with E-state index >= 15 is 0 Å². The highest BCUT2D eigenvalue weighted by Crippen LogP contribution is 2.32. The standard InChI is InChI=1S/C28H41N2O2/c1-21(2)24-11-15-29-27(18-24)32-20-22-12-16-30(17-13-22)26-19-25(31-6)10-9-23(26)8-7-14-28(3,4)5/h9-11,15,18-19,21-22H,1,7-8,12-14,16-17,20H2,2-6H3/t21-/m1/s1. The summed E-state index contributed by atoms with van der Waals surface area (Å²) in [6.07, 6.45) is 7.64. The van der Waals surface area contributed by atoms with Gasteiger partial charge in [-0.05, 0) is 79.5 Å². The van der Waals surface area contributed by atoms with Gasteiger partial charge in [0, 0.05) is 37.1 Å². The first kappa shape index (κ1) is 24.4. The number of pyridine rings is 1. The van der Waals surface area contributed by atoms with Crippen LogP contribution in [0.5, 0.6) is 11.6 Å². The lowest BCUT2D eigenvalue weighted by Crippen LogP contribution is -2.36. The summed E-state index contributed by atoms with van der Waals surface area (Å²) in [7, 11) is 1.75. The lowest BCUT2D eigenvalue weighted by molar-refractivity contribution is 0.216. The summed E-state index contributed by atoms with van der Waals surface area (Å²) >= 11 is 0. The summed E-state index contributed by atoms with van der Waals surface area (Å²) in [5.41, 5.74) is 4.33. The number of nitrogens with zero attached hydrogens (tertiary/aromatic N) is 2. The molecule has 1 saturated heterocycles. The van der Waals surface area contributed by atoms with Gasteiger partial charge in [-0.2, -0.15) is 0 Å². The van der Waals surface area contributed by atoms with Gasteiger partial charge in [-0.1, -0.05) is 33.8 Å². The van der Waals surface area contributed by atoms with E-state index in [1.165, 1.54) is 29.7 Å². The minimum Gasteiger partial charge on any atom is -0.497 e. The fourth-order valence-electron chi connectivity index (χ4n) is 4.34. The lowest BCUT2D eigenvalue weighted by Gasteiger charge is -2.35. The second kappa shape index (κ2) is 11.1. The van der Waals surface area contributed by atoms with Gasteiger partial charge >= 0.3 is 0 Å². The van der Waals surface area contributed by atoms with Crippen LogP contribution in [0.3, 0.4) is 0 Å². The molecule has 175 valence electrons. The second-order valence-corrected chi connectivity index (χ2v) is 10.5. The van der Waals surface area contributed by atoms with E-state index in [1.54, 1.807) is 7.11 Å². The number of hydrogen-bond acceptors (Lipinski definition) is 4. The maximum Gasteiger partial charge on any atom is 0.213 e. The number of rotatable bonds is 9. The summed E-state index contributed by atoms with van der Waals surface area (Å²) in [6.45, 7) is 16.0. The number of benzene rings is 1. The quantitative estimate of drug-likeness (QED) is 0.437. The number of hydrogen-bond donors (Lipinski definition) is 0. The van der Waals surface area contributed by atoms with Gasteiger partial charge in [0.1, 0.15) is 5.75 Å². The molecule has 1 aromatic heterocycles. The fourth-order valence-corrected chi connectivity index (χ4v) is 4.34. The van der Waals surface area contributed by atoms with Crippen molar-refractivity contribution >= 4 is 5.69 Å². The van der Waals surface area contributed by atoms with Gasteiger partial charge in [-0.15, -0.1) is 0 Å². The van der Waals surface area contributed by atoms with Crippen LogP contribution in [0.15, 0.2) is 36.5 Å². The van der Waals surface area contributed by atoms with Crippen LogP contribution in [0, 0.1) is 18.3 Å². The van der Waals surface area contributed by atoms with Crippen LogP contribution < -0.4 is 14.4 Å². The van der Waals surface area contributed by atoms with E-state index in [1.807, 2.05) is 18.3 Å². The lowest BCUT2D eigenvalue weighted by atomic mass is 9.88. The third-order valence-corrected chi connectivity index (χ3v) is 6.42. The molecule has 32 heavy (non-hydrogen) atoms. The van der Waals surface area contributed by atoms with Crippen LogP contribution in [0.4, 0.5) is 5.69 Å². The molecule has 1 atom stereocenters. The maximum atomic E-state index is 6.05. The monoisotopic (exact) mass is 437 g/mol. The van der Waals surface area contributed by atoms with Crippen molar-refractivity contribution in [3.05, 3.63) is 54.6 Å². The van der Waals surface area contributed by atoms with E-state index in [4.69, 9.17) is 9.47 Å². The van der Waals surface area contributed by atoms with Gasteiger partial charge in [0.05, 0.1) is 13.7 Å². The molecule has 1 aliphatic rings. The van der Waals surface area contributed by atoms with E-state index in [0.29, 0.717) is 17.2 Å². The molecule has 0 amide bonds. The third-order valence-electron chi connectivity index (χ3n) is 6.42. The molecule has 4 nitrogen and oxygen atoms in total. The third kappa shape index (κ3) is 7.15. The van der Waals surface area contributed by atoms with E-state index in [-0.39, 0.29) is 5.92 Å². The Labute approximate surface area is 195 Å². The molecular weight excluding hydrogens is 396 g/mol. The molecular formula is C28H41N2O2. The summed E-state index contributed by atoms with van der Waals surface area (Å²) < 4.78 is 11.6. The average Bonchev–Trinajstić information content (AvgIpc) is 2.77. The van der Waals surface area contributed by atoms with Crippen molar-refractivity contribution < 1.29 is 9.47 Å². The van der Waals surface area contributed by atoms with E-state index < -0.39 is 0 Å². The van der Waals surface area contributed by atoms with Crippen LogP contribution in [0.2, 0.25) is 0 Å². The molecule has 1 aliphatic heterocycles. The first-order valence-electron chi connectivity index (χ1n) is 12.1. The summed E-state index contributed by atoms with van der Waals surface area (Å²) in [6, 6.07) is 10.6. The first-order valence-corrected chi connectivity index (χ1v) is 12.1. The molecule has 0 spiro atoms. The molecule has 0 bridgehead atoms. The minimum absolute atomic E-state index is 0.240. The van der Waals surface area contributed by atoms with Crippen molar-refractivity contribution in [3.63, 3.8) is 0 Å². The van der Waals surface area contributed by atoms with Crippen LogP contribution in [0.1, 0.15) is 70.4 Å². The van der Waals surface area contributed by atoms with E-state index in [9.17, 15) is 0 Å². The predicted molar refractivity (Wildman–Crippen MR) is 134 cm³/mol. The number of aryl methyl sites for hydroxylation is 1. The number of ether oxygens (including phenoxy) is 2. The number of aromatic nitrogens is 1. The van der Waals surface area contributed by atoms with Gasteiger partial charge in [-0.25, -0.2) is 4.98 Å². The largest absolute Gasteiger partial charge is 0.497 e. The molecule has 2 heterocycles. The van der Waals surface area contributed by atoms with Gasteiger partial charge in [0.15, 0.2) is 0 Å². The highest BCUT2D eigenvalue weighted by molar-refractivity contribution is 5.57. The Bertz CT molecular complexity index is 849. The zero-order valence-corrected chi connectivity index (χ0v) is 20.7. The van der Waals surface area contributed by atoms with E-state index in [0.717, 1.165) is 44.7 Å². The average molecular weight is 438 g/mol. The smallest absolute Gasteiger partial charge is 0.213 e. The molecule has 2 aromatic rings. The first-order chi connectivity index (χ1) is 15.2. The van der Waals surface area contributed by atoms with E-state index in [2.05, 4.69) is 62.7 Å². The van der Waals surface area contributed by atoms with Crippen molar-refractivity contribution in [1.82, 2.24) is 4.98 Å². The molecule has 0 unspecified atom stereocenters. The maximum absolute atomic E-state index is 6.05. The van der Waals surface area contributed by atoms with Gasteiger partial charge in [-0.3, -0.25) is 0 Å². The van der Waals surface area contributed by atoms with Crippen LogP contribution in [-0.4, -0.2) is 31.8 Å². The van der Waals surface area contributed by atoms with Gasteiger partial charge in [0.25, 0.3) is 0 Å². The minimum atomic E-state index is 0.240. The number of anilines is 1. The van der Waals surface area contributed by atoms with Crippen molar-refractivity contribution in [1.29, 1.82) is 0 Å². The normalized spacial score (nSPS) is 15.3. The zero-order valence-electron chi connectivity index (χ0n) is 20.7. The Kier molecular flexibility index (Phi) is 8.44. The Hall–Kier alpha value is -2.23. The number of piperidine rings is 1. The molecule has 1 fully saturated rings. The summed E-state index contributed by atoms with van der Waals surface area (Å²) in [4.78, 5) is 6.91. The Morgan fingerprint density at radius 1 is 1.16 bits per heavy atom. The van der Waals surface area contributed by atoms with Gasteiger partial charge in [0.2, 0.25) is 5.88 Å². The van der Waals surface area contributed by atoms with Crippen LogP contribution in [-0.2, 0) is 6.42 Å². The van der Waals surface area contributed by atoms with Crippen LogP contribution >= 0.6 is 0 Å². The molecule has 3 rings (SSSR count). The Morgan fingerprint density at radius 2 is 1.91 bits per heavy atom. The molecule has 0 N–H and O–H groups in total. The molecule has 0 saturated carbocycles. The van der Waals surface area contributed by atoms with Crippen molar-refractivity contribution in [2.75, 3.05) is 31.7 Å². The van der Waals surface area contributed by atoms with Gasteiger partial charge < -0.3 is 14.4 Å². The van der Waals surface area contributed by atoms with Crippen molar-refractivity contribution in [2.24, 2.45) is 11.3 Å². The second-order valence-electron chi connectivity index (χ2n) is 10.5. The molecule has 1 aromatic carbocycles. The molecule has 0 aliphatic carbocycles. The highest BCUT2D eigenvalue weighted by Gasteiger charge is 2.22. The molecule has 1 radical (unpaired) electrons. The molecule has 4 heteroatoms. The van der Waals surface area contributed by atoms with Crippen molar-refractivity contribution in [2.45, 2.75) is 65.7 Å².